The van der Waals surface area contributed by atoms with Crippen LogP contribution in [0.25, 0.3) is 0 Å². The summed E-state index contributed by atoms with van der Waals surface area (Å²) in [5.74, 6) is 1.09. The molecule has 0 atom stereocenters. The van der Waals surface area contributed by atoms with Gasteiger partial charge >= 0.3 is 0 Å². The Labute approximate surface area is 83.4 Å². The zero-order chi connectivity index (χ0) is 9.10. The highest BCUT2D eigenvalue weighted by Gasteiger charge is 2.04. The second-order valence-corrected chi connectivity index (χ2v) is 4.18. The maximum atomic E-state index is 2.31. The third kappa shape index (κ3) is 2.28. The summed E-state index contributed by atoms with van der Waals surface area (Å²) in [6, 6.07) is 8.74. The van der Waals surface area contributed by atoms with Gasteiger partial charge in [-0.15, -0.1) is 11.8 Å². The highest BCUT2D eigenvalue weighted by Crippen LogP contribution is 2.17. The smallest absolute Gasteiger partial charge is 0.0678 e. The van der Waals surface area contributed by atoms with E-state index in [4.69, 9.17) is 0 Å². The topological polar surface area (TPSA) is 3.24 Å². The van der Waals surface area contributed by atoms with Crippen LogP contribution in [0.4, 0.5) is 0 Å². The van der Waals surface area contributed by atoms with Gasteiger partial charge in [0.1, 0.15) is 0 Å². The van der Waals surface area contributed by atoms with Gasteiger partial charge in [0.15, 0.2) is 0 Å². The quantitative estimate of drug-likeness (QED) is 0.707. The largest absolute Gasteiger partial charge is 0.363 e. The lowest BCUT2D eigenvalue weighted by Gasteiger charge is -2.14. The first-order valence-corrected chi connectivity index (χ1v) is 5.47. The SMILES string of the molecule is Cc1ccc(CN2C=CSC2)cc1. The minimum absolute atomic E-state index is 1.03. The Balaban J connectivity index is 2.01. The first-order valence-electron chi connectivity index (χ1n) is 4.42. The molecule has 0 fully saturated rings. The number of hydrogen-bond donors (Lipinski definition) is 0. The highest BCUT2D eigenvalue weighted by molar-refractivity contribution is 8.02. The first kappa shape index (κ1) is 8.70. The van der Waals surface area contributed by atoms with Gasteiger partial charge in [-0.25, -0.2) is 0 Å². The van der Waals surface area contributed by atoms with E-state index < -0.39 is 0 Å². The molecule has 0 bridgehead atoms. The van der Waals surface area contributed by atoms with E-state index in [1.54, 1.807) is 0 Å². The second kappa shape index (κ2) is 3.88. The molecular weight excluding hydrogens is 178 g/mol. The van der Waals surface area contributed by atoms with Gasteiger partial charge in [-0.1, -0.05) is 29.8 Å². The molecule has 0 spiro atoms. The van der Waals surface area contributed by atoms with E-state index in [-0.39, 0.29) is 0 Å². The van der Waals surface area contributed by atoms with Gasteiger partial charge in [0.2, 0.25) is 0 Å². The van der Waals surface area contributed by atoms with Gasteiger partial charge in [-0.05, 0) is 17.9 Å². The summed E-state index contributed by atoms with van der Waals surface area (Å²) < 4.78 is 0. The molecule has 1 aliphatic rings. The van der Waals surface area contributed by atoms with Crippen molar-refractivity contribution in [3.05, 3.63) is 47.0 Å². The van der Waals surface area contributed by atoms with Crippen LogP contribution in [0.1, 0.15) is 11.1 Å². The lowest BCUT2D eigenvalue weighted by Crippen LogP contribution is -2.12. The van der Waals surface area contributed by atoms with Gasteiger partial charge < -0.3 is 4.90 Å². The van der Waals surface area contributed by atoms with Gasteiger partial charge in [-0.2, -0.15) is 0 Å². The van der Waals surface area contributed by atoms with Crippen molar-refractivity contribution in [2.24, 2.45) is 0 Å². The number of nitrogens with zero attached hydrogens (tertiary/aromatic N) is 1. The standard InChI is InChI=1S/C11H13NS/c1-10-2-4-11(5-3-10)8-12-6-7-13-9-12/h2-7H,8-9H2,1H3. The summed E-state index contributed by atoms with van der Waals surface area (Å²) in [5, 5.41) is 2.15. The average molecular weight is 191 g/mol. The van der Waals surface area contributed by atoms with Crippen molar-refractivity contribution in [1.82, 2.24) is 4.90 Å². The Bertz CT molecular complexity index is 302. The van der Waals surface area contributed by atoms with Crippen LogP contribution in [0.2, 0.25) is 0 Å². The average Bonchev–Trinajstić information content (AvgIpc) is 2.62. The monoisotopic (exact) mass is 191 g/mol. The summed E-state index contributed by atoms with van der Waals surface area (Å²) in [6.45, 7) is 3.15. The van der Waals surface area contributed by atoms with Crippen LogP contribution in [0, 0.1) is 6.92 Å². The van der Waals surface area contributed by atoms with Crippen molar-refractivity contribution in [1.29, 1.82) is 0 Å². The molecule has 0 radical (unpaired) electrons. The summed E-state index contributed by atoms with van der Waals surface area (Å²) in [6.07, 6.45) is 2.16. The van der Waals surface area contributed by atoms with E-state index in [1.807, 2.05) is 11.8 Å². The fourth-order valence-corrected chi connectivity index (χ4v) is 2.05. The molecule has 1 nitrogen and oxygen atoms in total. The van der Waals surface area contributed by atoms with E-state index in [0.29, 0.717) is 0 Å². The van der Waals surface area contributed by atoms with Crippen molar-refractivity contribution in [3.8, 4) is 0 Å². The molecule has 0 saturated carbocycles. The van der Waals surface area contributed by atoms with Crippen LogP contribution in [-0.2, 0) is 6.54 Å². The van der Waals surface area contributed by atoms with Crippen molar-refractivity contribution < 1.29 is 0 Å². The Morgan fingerprint density at radius 1 is 1.31 bits per heavy atom. The predicted octanol–water partition coefficient (Wildman–Crippen LogP) is 2.97. The van der Waals surface area contributed by atoms with Crippen LogP contribution in [0.5, 0.6) is 0 Å². The second-order valence-electron chi connectivity index (χ2n) is 3.31. The molecule has 1 heterocycles. The summed E-state index contributed by atoms with van der Waals surface area (Å²) >= 11 is 1.85. The molecule has 0 aliphatic carbocycles. The molecule has 0 amide bonds. The lowest BCUT2D eigenvalue weighted by atomic mass is 10.1. The zero-order valence-corrected chi connectivity index (χ0v) is 8.55. The fraction of sp³-hybridized carbons (Fsp3) is 0.273. The normalized spacial score (nSPS) is 15.3. The van der Waals surface area contributed by atoms with E-state index in [0.717, 1.165) is 12.4 Å². The van der Waals surface area contributed by atoms with Gasteiger partial charge in [-0.3, -0.25) is 0 Å². The first-order chi connectivity index (χ1) is 6.34. The molecule has 13 heavy (non-hydrogen) atoms. The van der Waals surface area contributed by atoms with Crippen LogP contribution in [-0.4, -0.2) is 10.8 Å². The van der Waals surface area contributed by atoms with E-state index in [1.165, 1.54) is 11.1 Å². The summed E-state index contributed by atoms with van der Waals surface area (Å²) in [5.41, 5.74) is 2.72. The molecule has 0 N–H and O–H groups in total. The molecule has 2 rings (SSSR count). The van der Waals surface area contributed by atoms with Crippen molar-refractivity contribution in [2.75, 3.05) is 5.88 Å². The van der Waals surface area contributed by atoms with Crippen LogP contribution >= 0.6 is 11.8 Å². The molecule has 68 valence electrons. The van der Waals surface area contributed by atoms with E-state index in [2.05, 4.69) is 47.7 Å². The van der Waals surface area contributed by atoms with Crippen molar-refractivity contribution in [2.45, 2.75) is 13.5 Å². The maximum Gasteiger partial charge on any atom is 0.0678 e. The number of benzene rings is 1. The number of thioether (sulfide) groups is 1. The molecule has 2 heteroatoms. The Hall–Kier alpha value is -0.890. The minimum atomic E-state index is 1.03. The molecule has 1 aromatic rings. The third-order valence-corrected chi connectivity index (χ3v) is 2.91. The maximum absolute atomic E-state index is 2.31. The van der Waals surface area contributed by atoms with E-state index >= 15 is 0 Å². The summed E-state index contributed by atoms with van der Waals surface area (Å²) in [4.78, 5) is 2.31. The third-order valence-electron chi connectivity index (χ3n) is 2.11. The molecular formula is C11H13NS. The van der Waals surface area contributed by atoms with Crippen LogP contribution < -0.4 is 0 Å². The van der Waals surface area contributed by atoms with Gasteiger partial charge in [0.05, 0.1) is 5.88 Å². The van der Waals surface area contributed by atoms with Crippen molar-refractivity contribution >= 4 is 11.8 Å². The lowest BCUT2D eigenvalue weighted by molar-refractivity contribution is 0.441. The number of hydrogen-bond acceptors (Lipinski definition) is 2. The van der Waals surface area contributed by atoms with Crippen LogP contribution in [0.3, 0.4) is 0 Å². The van der Waals surface area contributed by atoms with Crippen LogP contribution in [0.15, 0.2) is 35.9 Å². The molecule has 1 aliphatic heterocycles. The predicted molar refractivity (Wildman–Crippen MR) is 58.3 cm³/mol. The Kier molecular flexibility index (Phi) is 2.60. The van der Waals surface area contributed by atoms with Crippen molar-refractivity contribution in [3.63, 3.8) is 0 Å². The van der Waals surface area contributed by atoms with Gasteiger partial charge in [0.25, 0.3) is 0 Å². The molecule has 0 unspecified atom stereocenters. The summed E-state index contributed by atoms with van der Waals surface area (Å²) in [7, 11) is 0. The number of aryl methyl sites for hydroxylation is 1. The molecule has 0 aromatic heterocycles. The minimum Gasteiger partial charge on any atom is -0.363 e. The molecule has 0 saturated heterocycles. The number of rotatable bonds is 2. The Morgan fingerprint density at radius 3 is 2.69 bits per heavy atom. The van der Waals surface area contributed by atoms with E-state index in [9.17, 15) is 0 Å². The zero-order valence-electron chi connectivity index (χ0n) is 7.73. The fourth-order valence-electron chi connectivity index (χ4n) is 1.34. The highest BCUT2D eigenvalue weighted by atomic mass is 32.2. The Morgan fingerprint density at radius 2 is 2.08 bits per heavy atom. The molecule has 1 aromatic carbocycles. The van der Waals surface area contributed by atoms with Gasteiger partial charge in [0, 0.05) is 12.7 Å².